The third-order valence-corrected chi connectivity index (χ3v) is 4.32. The molecule has 7 heteroatoms. The fourth-order valence-corrected chi connectivity index (χ4v) is 2.83. The number of methoxy groups -OCH3 is 1. The maximum Gasteiger partial charge on any atom is 0.191 e. The summed E-state index contributed by atoms with van der Waals surface area (Å²) in [5, 5.41) is 6.53. The second kappa shape index (κ2) is 11.1. The van der Waals surface area contributed by atoms with Gasteiger partial charge in [0.05, 0.1) is 26.4 Å². The van der Waals surface area contributed by atoms with Crippen LogP contribution >= 0.6 is 0 Å². The van der Waals surface area contributed by atoms with E-state index in [2.05, 4.69) is 15.6 Å². The minimum Gasteiger partial charge on any atom is -0.494 e. The van der Waals surface area contributed by atoms with Crippen LogP contribution in [0.1, 0.15) is 37.9 Å². The van der Waals surface area contributed by atoms with Crippen LogP contribution in [0.15, 0.2) is 41.4 Å². The average Bonchev–Trinajstić information content (AvgIpc) is 2.72. The molecule has 0 radical (unpaired) electrons. The van der Waals surface area contributed by atoms with Crippen molar-refractivity contribution in [1.82, 2.24) is 10.6 Å². The topological polar surface area (TPSA) is 64.1 Å². The molecule has 0 aliphatic heterocycles. The van der Waals surface area contributed by atoms with Crippen LogP contribution in [-0.4, -0.2) is 33.3 Å². The van der Waals surface area contributed by atoms with Gasteiger partial charge >= 0.3 is 0 Å². The molecule has 0 aromatic heterocycles. The highest BCUT2D eigenvalue weighted by Crippen LogP contribution is 2.30. The van der Waals surface area contributed by atoms with Gasteiger partial charge in [0.15, 0.2) is 29.0 Å². The Bertz CT molecular complexity index is 827. The number of nitrogens with one attached hydrogen (secondary N) is 2. The molecule has 2 aromatic rings. The Morgan fingerprint density at radius 1 is 1.03 bits per heavy atom. The summed E-state index contributed by atoms with van der Waals surface area (Å²) in [7, 11) is 3.14. The van der Waals surface area contributed by atoms with Crippen LogP contribution in [0.4, 0.5) is 4.39 Å². The molecule has 6 nitrogen and oxygen atoms in total. The van der Waals surface area contributed by atoms with Crippen molar-refractivity contribution in [3.05, 3.63) is 53.3 Å². The molecular formula is C22H30FN3O3. The van der Waals surface area contributed by atoms with E-state index in [-0.39, 0.29) is 17.6 Å². The molecule has 29 heavy (non-hydrogen) atoms. The van der Waals surface area contributed by atoms with Gasteiger partial charge < -0.3 is 24.8 Å². The fraction of sp³-hybridized carbons (Fsp3) is 0.409. The minimum atomic E-state index is -0.388. The average molecular weight is 403 g/mol. The Kier molecular flexibility index (Phi) is 8.58. The number of halogens is 1. The molecule has 0 aliphatic rings. The molecular weight excluding hydrogens is 373 g/mol. The molecule has 0 aliphatic carbocycles. The number of hydrogen-bond donors (Lipinski definition) is 2. The van der Waals surface area contributed by atoms with Crippen molar-refractivity contribution < 1.29 is 18.6 Å². The van der Waals surface area contributed by atoms with Gasteiger partial charge in [-0.15, -0.1) is 0 Å². The van der Waals surface area contributed by atoms with Crippen LogP contribution < -0.4 is 24.8 Å². The molecule has 0 fully saturated rings. The molecule has 158 valence electrons. The van der Waals surface area contributed by atoms with Gasteiger partial charge in [-0.05, 0) is 56.2 Å². The van der Waals surface area contributed by atoms with Crippen LogP contribution in [-0.2, 0) is 6.54 Å². The van der Waals surface area contributed by atoms with Crippen molar-refractivity contribution in [2.75, 3.05) is 27.4 Å². The molecule has 2 N–H and O–H groups in total. The van der Waals surface area contributed by atoms with E-state index in [1.54, 1.807) is 13.1 Å². The van der Waals surface area contributed by atoms with Crippen LogP contribution in [0.5, 0.6) is 17.2 Å². The summed E-state index contributed by atoms with van der Waals surface area (Å²) >= 11 is 0. The lowest BCUT2D eigenvalue weighted by atomic mass is 10.1. The van der Waals surface area contributed by atoms with Gasteiger partial charge in [-0.2, -0.15) is 0 Å². The highest BCUT2D eigenvalue weighted by atomic mass is 19.1. The van der Waals surface area contributed by atoms with Gasteiger partial charge in [-0.3, -0.25) is 4.99 Å². The van der Waals surface area contributed by atoms with E-state index >= 15 is 0 Å². The maximum atomic E-state index is 13.9. The van der Waals surface area contributed by atoms with Crippen LogP contribution in [0.2, 0.25) is 0 Å². The minimum absolute atomic E-state index is 0.0244. The molecule has 1 unspecified atom stereocenters. The summed E-state index contributed by atoms with van der Waals surface area (Å²) in [4.78, 5) is 4.25. The Labute approximate surface area is 172 Å². The number of rotatable bonds is 9. The zero-order valence-corrected chi connectivity index (χ0v) is 17.7. The van der Waals surface area contributed by atoms with Crippen molar-refractivity contribution in [2.24, 2.45) is 4.99 Å². The summed E-state index contributed by atoms with van der Waals surface area (Å²) in [6, 6.07) is 10.7. The van der Waals surface area contributed by atoms with Gasteiger partial charge in [-0.25, -0.2) is 4.39 Å². The summed E-state index contributed by atoms with van der Waals surface area (Å²) < 4.78 is 30.1. The lowest BCUT2D eigenvalue weighted by Crippen LogP contribution is -2.38. The van der Waals surface area contributed by atoms with E-state index in [9.17, 15) is 4.39 Å². The first-order valence-electron chi connectivity index (χ1n) is 9.71. The monoisotopic (exact) mass is 403 g/mol. The number of hydrogen-bond acceptors (Lipinski definition) is 4. The Morgan fingerprint density at radius 3 is 2.34 bits per heavy atom. The van der Waals surface area contributed by atoms with Gasteiger partial charge in [0.25, 0.3) is 0 Å². The molecule has 2 rings (SSSR count). The smallest absolute Gasteiger partial charge is 0.191 e. The summed E-state index contributed by atoms with van der Waals surface area (Å²) in [6.07, 6.45) is 0. The first kappa shape index (κ1) is 22.3. The Balaban J connectivity index is 2.03. The van der Waals surface area contributed by atoms with E-state index < -0.39 is 0 Å². The third-order valence-electron chi connectivity index (χ3n) is 4.32. The van der Waals surface area contributed by atoms with Crippen molar-refractivity contribution in [1.29, 1.82) is 0 Å². The largest absolute Gasteiger partial charge is 0.494 e. The highest BCUT2D eigenvalue weighted by molar-refractivity contribution is 5.80. The predicted octanol–water partition coefficient (Wildman–Crippen LogP) is 4.06. The van der Waals surface area contributed by atoms with Gasteiger partial charge in [0.2, 0.25) is 0 Å². The van der Waals surface area contributed by atoms with Gasteiger partial charge in [0, 0.05) is 13.6 Å². The van der Waals surface area contributed by atoms with Crippen molar-refractivity contribution >= 4 is 5.96 Å². The molecule has 0 spiro atoms. The molecule has 2 aromatic carbocycles. The van der Waals surface area contributed by atoms with Crippen LogP contribution in [0, 0.1) is 5.82 Å². The second-order valence-electron chi connectivity index (χ2n) is 6.33. The first-order chi connectivity index (χ1) is 14.0. The zero-order chi connectivity index (χ0) is 21.2. The molecule has 0 heterocycles. The van der Waals surface area contributed by atoms with Crippen molar-refractivity contribution in [2.45, 2.75) is 33.4 Å². The van der Waals surface area contributed by atoms with Crippen LogP contribution in [0.3, 0.4) is 0 Å². The first-order valence-corrected chi connectivity index (χ1v) is 9.71. The standard InChI is InChI=1S/C22H30FN3O3/c1-6-28-20-11-9-17(13-21(20)29-7-2)15(3)26-22(24-4)25-14-16-8-10-19(27-5)18(23)12-16/h8-13,15H,6-7,14H2,1-5H3,(H2,24,25,26). The van der Waals surface area contributed by atoms with Gasteiger partial charge in [0.1, 0.15) is 0 Å². The van der Waals surface area contributed by atoms with Crippen molar-refractivity contribution in [3.8, 4) is 17.2 Å². The Hall–Kier alpha value is -2.96. The van der Waals surface area contributed by atoms with E-state index in [1.807, 2.05) is 45.0 Å². The molecule has 0 saturated heterocycles. The number of nitrogens with zero attached hydrogens (tertiary/aromatic N) is 1. The summed E-state index contributed by atoms with van der Waals surface area (Å²) in [6.45, 7) is 7.49. The SMILES string of the molecule is CCOc1ccc(C(C)NC(=NC)NCc2ccc(OC)c(F)c2)cc1OCC. The van der Waals surface area contributed by atoms with E-state index in [1.165, 1.54) is 13.2 Å². The number of benzene rings is 2. The third kappa shape index (κ3) is 6.27. The lowest BCUT2D eigenvalue weighted by Gasteiger charge is -2.20. The summed E-state index contributed by atoms with van der Waals surface area (Å²) in [5.74, 6) is 1.90. The van der Waals surface area contributed by atoms with Gasteiger partial charge in [-0.1, -0.05) is 12.1 Å². The molecule has 1 atom stereocenters. The molecule has 0 amide bonds. The predicted molar refractivity (Wildman–Crippen MR) is 113 cm³/mol. The van der Waals surface area contributed by atoms with E-state index in [0.717, 1.165) is 22.6 Å². The van der Waals surface area contributed by atoms with E-state index in [0.29, 0.717) is 25.7 Å². The lowest BCUT2D eigenvalue weighted by molar-refractivity contribution is 0.287. The molecule has 0 bridgehead atoms. The normalized spacial score (nSPS) is 12.3. The number of ether oxygens (including phenoxy) is 3. The number of guanidine groups is 1. The maximum absolute atomic E-state index is 13.9. The number of aliphatic imine (C=N–C) groups is 1. The zero-order valence-electron chi connectivity index (χ0n) is 17.7. The van der Waals surface area contributed by atoms with E-state index in [4.69, 9.17) is 14.2 Å². The summed E-state index contributed by atoms with van der Waals surface area (Å²) in [5.41, 5.74) is 1.83. The molecule has 0 saturated carbocycles. The fourth-order valence-electron chi connectivity index (χ4n) is 2.83. The Morgan fingerprint density at radius 2 is 1.72 bits per heavy atom. The van der Waals surface area contributed by atoms with Crippen LogP contribution in [0.25, 0.3) is 0 Å². The van der Waals surface area contributed by atoms with Crippen molar-refractivity contribution in [3.63, 3.8) is 0 Å². The quantitative estimate of drug-likeness (QED) is 0.488. The highest BCUT2D eigenvalue weighted by Gasteiger charge is 2.13. The second-order valence-corrected chi connectivity index (χ2v) is 6.33.